The Hall–Kier alpha value is -2.08. The van der Waals surface area contributed by atoms with Crippen molar-refractivity contribution in [3.8, 4) is 0 Å². The first-order valence-electron chi connectivity index (χ1n) is 5.02. The molecule has 0 spiro atoms. The third-order valence-corrected chi connectivity index (χ3v) is 2.41. The molecule has 0 atom stereocenters. The Balaban J connectivity index is 2.06. The van der Waals surface area contributed by atoms with Crippen molar-refractivity contribution >= 4 is 17.5 Å². The molecule has 2 rings (SSSR count). The summed E-state index contributed by atoms with van der Waals surface area (Å²) in [5.41, 5.74) is 0.576. The average Bonchev–Trinajstić information content (AvgIpc) is 2.40. The van der Waals surface area contributed by atoms with Crippen LogP contribution in [-0.2, 0) is 6.54 Å². The van der Waals surface area contributed by atoms with Gasteiger partial charge in [-0.3, -0.25) is 4.79 Å². The molecule has 7 heteroatoms. The minimum absolute atomic E-state index is 0.0134. The molecule has 2 aromatic heterocycles. The second kappa shape index (κ2) is 5.50. The molecule has 0 aromatic carbocycles. The lowest BCUT2D eigenvalue weighted by Crippen LogP contribution is -2.24. The highest BCUT2D eigenvalue weighted by atomic mass is 35.5. The van der Waals surface area contributed by atoms with Crippen LogP contribution in [-0.4, -0.2) is 21.1 Å². The summed E-state index contributed by atoms with van der Waals surface area (Å²) < 4.78 is 12.9. The summed E-state index contributed by atoms with van der Waals surface area (Å²) in [7, 11) is 0. The second-order valence-corrected chi connectivity index (χ2v) is 3.75. The fourth-order valence-corrected chi connectivity index (χ4v) is 1.46. The molecule has 1 N–H and O–H groups in total. The van der Waals surface area contributed by atoms with Gasteiger partial charge in [-0.2, -0.15) is 10.2 Å². The molecule has 2 heterocycles. The highest BCUT2D eigenvalue weighted by Crippen LogP contribution is 2.13. The van der Waals surface area contributed by atoms with Crippen LogP contribution in [0.4, 0.5) is 4.39 Å². The van der Waals surface area contributed by atoms with Crippen LogP contribution in [0.25, 0.3) is 0 Å². The Labute approximate surface area is 107 Å². The molecule has 0 radical (unpaired) electrons. The Morgan fingerprint density at radius 1 is 1.50 bits per heavy atom. The van der Waals surface area contributed by atoms with E-state index < -0.39 is 11.7 Å². The third-order valence-electron chi connectivity index (χ3n) is 2.11. The Morgan fingerprint density at radius 2 is 2.33 bits per heavy atom. The summed E-state index contributed by atoms with van der Waals surface area (Å²) in [6, 6.07) is 4.44. The first-order chi connectivity index (χ1) is 8.66. The van der Waals surface area contributed by atoms with E-state index in [4.69, 9.17) is 11.6 Å². The molecule has 5 nitrogen and oxygen atoms in total. The molecule has 0 aliphatic rings. The SMILES string of the molecule is O=C(NCc1cccnn1)c1cc(F)cnc1Cl. The predicted octanol–water partition coefficient (Wildman–Crippen LogP) is 1.59. The van der Waals surface area contributed by atoms with Crippen LogP contribution < -0.4 is 5.32 Å². The van der Waals surface area contributed by atoms with Crippen LogP contribution in [0.5, 0.6) is 0 Å². The van der Waals surface area contributed by atoms with Crippen LogP contribution in [0.3, 0.4) is 0 Å². The Bertz CT molecular complexity index is 564. The molecule has 0 saturated carbocycles. The van der Waals surface area contributed by atoms with Crippen LogP contribution in [0.1, 0.15) is 16.1 Å². The zero-order valence-corrected chi connectivity index (χ0v) is 9.86. The number of amides is 1. The van der Waals surface area contributed by atoms with Crippen molar-refractivity contribution < 1.29 is 9.18 Å². The maximum Gasteiger partial charge on any atom is 0.254 e. The van der Waals surface area contributed by atoms with E-state index in [1.165, 1.54) is 6.20 Å². The van der Waals surface area contributed by atoms with Crippen LogP contribution in [0, 0.1) is 5.82 Å². The maximum atomic E-state index is 12.9. The number of hydrogen-bond acceptors (Lipinski definition) is 4. The summed E-state index contributed by atoms with van der Waals surface area (Å²) in [6.45, 7) is 0.180. The number of nitrogens with zero attached hydrogens (tertiary/aromatic N) is 3. The smallest absolute Gasteiger partial charge is 0.254 e. The number of pyridine rings is 1. The minimum atomic E-state index is -0.621. The van der Waals surface area contributed by atoms with Crippen molar-refractivity contribution in [2.75, 3.05) is 0 Å². The van der Waals surface area contributed by atoms with E-state index in [0.29, 0.717) is 5.69 Å². The van der Waals surface area contributed by atoms with E-state index in [9.17, 15) is 9.18 Å². The highest BCUT2D eigenvalue weighted by Gasteiger charge is 2.12. The molecule has 0 fully saturated rings. The first kappa shape index (κ1) is 12.4. The standard InChI is InChI=1S/C11H8ClFN4O/c12-10-9(4-7(13)5-14-10)11(18)15-6-8-2-1-3-16-17-8/h1-5H,6H2,(H,15,18). The van der Waals surface area contributed by atoms with Crippen molar-refractivity contribution in [1.29, 1.82) is 0 Å². The third kappa shape index (κ3) is 2.98. The zero-order valence-electron chi connectivity index (χ0n) is 9.10. The first-order valence-corrected chi connectivity index (χ1v) is 5.40. The van der Waals surface area contributed by atoms with Gasteiger partial charge in [0.25, 0.3) is 5.91 Å². The second-order valence-electron chi connectivity index (χ2n) is 3.39. The van der Waals surface area contributed by atoms with E-state index in [1.54, 1.807) is 12.1 Å². The molecule has 2 aromatic rings. The lowest BCUT2D eigenvalue weighted by atomic mass is 10.2. The number of aromatic nitrogens is 3. The van der Waals surface area contributed by atoms with E-state index in [-0.39, 0.29) is 17.3 Å². The van der Waals surface area contributed by atoms with Gasteiger partial charge in [0, 0.05) is 6.20 Å². The molecule has 18 heavy (non-hydrogen) atoms. The molecule has 0 aliphatic heterocycles. The number of carbonyl (C=O) groups excluding carboxylic acids is 1. The van der Waals surface area contributed by atoms with Crippen molar-refractivity contribution in [3.05, 3.63) is 52.8 Å². The van der Waals surface area contributed by atoms with Crippen LogP contribution in [0.2, 0.25) is 5.15 Å². The van der Waals surface area contributed by atoms with Crippen LogP contribution in [0.15, 0.2) is 30.6 Å². The highest BCUT2D eigenvalue weighted by molar-refractivity contribution is 6.32. The summed E-state index contributed by atoms with van der Waals surface area (Å²) in [4.78, 5) is 15.3. The summed E-state index contributed by atoms with van der Waals surface area (Å²) in [5, 5.41) is 9.97. The number of hydrogen-bond donors (Lipinski definition) is 1. The van der Waals surface area contributed by atoms with Gasteiger partial charge in [0.1, 0.15) is 11.0 Å². The number of rotatable bonds is 3. The lowest BCUT2D eigenvalue weighted by Gasteiger charge is -2.05. The Morgan fingerprint density at radius 3 is 3.06 bits per heavy atom. The van der Waals surface area contributed by atoms with Gasteiger partial charge >= 0.3 is 0 Å². The lowest BCUT2D eigenvalue weighted by molar-refractivity contribution is 0.0949. The van der Waals surface area contributed by atoms with Gasteiger partial charge in [-0.1, -0.05) is 11.6 Å². The number of halogens is 2. The maximum absolute atomic E-state index is 12.9. The molecular formula is C11H8ClFN4O. The fraction of sp³-hybridized carbons (Fsp3) is 0.0909. The summed E-state index contributed by atoms with van der Waals surface area (Å²) >= 11 is 5.71. The fourth-order valence-electron chi connectivity index (χ4n) is 1.28. The minimum Gasteiger partial charge on any atom is -0.346 e. The van der Waals surface area contributed by atoms with E-state index in [1.807, 2.05) is 0 Å². The summed E-state index contributed by atoms with van der Waals surface area (Å²) in [6.07, 6.45) is 2.47. The molecule has 0 aliphatic carbocycles. The molecule has 0 unspecified atom stereocenters. The largest absolute Gasteiger partial charge is 0.346 e. The van der Waals surface area contributed by atoms with Gasteiger partial charge in [0.05, 0.1) is 24.0 Å². The Kier molecular flexibility index (Phi) is 3.78. The van der Waals surface area contributed by atoms with E-state index in [0.717, 1.165) is 12.3 Å². The molecule has 0 bridgehead atoms. The van der Waals surface area contributed by atoms with Gasteiger partial charge in [-0.15, -0.1) is 0 Å². The van der Waals surface area contributed by atoms with Crippen molar-refractivity contribution in [3.63, 3.8) is 0 Å². The van der Waals surface area contributed by atoms with Gasteiger partial charge in [0.2, 0.25) is 0 Å². The predicted molar refractivity (Wildman–Crippen MR) is 62.4 cm³/mol. The molecule has 1 amide bonds. The average molecular weight is 267 g/mol. The van der Waals surface area contributed by atoms with E-state index >= 15 is 0 Å². The molecule has 0 saturated heterocycles. The van der Waals surface area contributed by atoms with Gasteiger partial charge in [-0.25, -0.2) is 9.37 Å². The van der Waals surface area contributed by atoms with Gasteiger partial charge in [-0.05, 0) is 18.2 Å². The van der Waals surface area contributed by atoms with Crippen molar-refractivity contribution in [2.24, 2.45) is 0 Å². The van der Waals surface area contributed by atoms with E-state index in [2.05, 4.69) is 20.5 Å². The van der Waals surface area contributed by atoms with Gasteiger partial charge in [0.15, 0.2) is 0 Å². The summed E-state index contributed by atoms with van der Waals surface area (Å²) in [5.74, 6) is -1.14. The number of carbonyl (C=O) groups is 1. The molecule has 92 valence electrons. The number of nitrogens with one attached hydrogen (secondary N) is 1. The van der Waals surface area contributed by atoms with Crippen LogP contribution >= 0.6 is 11.6 Å². The normalized spacial score (nSPS) is 10.1. The topological polar surface area (TPSA) is 67.8 Å². The monoisotopic (exact) mass is 266 g/mol. The quantitative estimate of drug-likeness (QED) is 0.857. The van der Waals surface area contributed by atoms with Crippen molar-refractivity contribution in [1.82, 2.24) is 20.5 Å². The van der Waals surface area contributed by atoms with Crippen molar-refractivity contribution in [2.45, 2.75) is 6.54 Å². The molecular weight excluding hydrogens is 259 g/mol. The van der Waals surface area contributed by atoms with Gasteiger partial charge < -0.3 is 5.32 Å². The zero-order chi connectivity index (χ0) is 13.0.